The third-order valence-electron chi connectivity index (χ3n) is 3.21. The minimum Gasteiger partial charge on any atom is -0.279 e. The van der Waals surface area contributed by atoms with Crippen molar-refractivity contribution in [3.8, 4) is 10.4 Å². The number of para-hydroxylation sites is 1. The van der Waals surface area contributed by atoms with Gasteiger partial charge in [-0.1, -0.05) is 54.6 Å². The predicted molar refractivity (Wildman–Crippen MR) is 97.8 cm³/mol. The Balaban J connectivity index is 1.86. The van der Waals surface area contributed by atoms with Crippen LogP contribution >= 0.6 is 11.3 Å². The van der Waals surface area contributed by atoms with E-state index in [9.17, 15) is 8.42 Å². The maximum absolute atomic E-state index is 12.3. The Morgan fingerprint density at radius 3 is 2.35 bits per heavy atom. The third-order valence-corrected chi connectivity index (χ3v) is 5.11. The lowest BCUT2D eigenvalue weighted by Gasteiger charge is -2.09. The van der Waals surface area contributed by atoms with Crippen molar-refractivity contribution < 1.29 is 8.42 Å². The monoisotopic (exact) mass is 341 g/mol. The van der Waals surface area contributed by atoms with Crippen molar-refractivity contribution in [1.82, 2.24) is 0 Å². The van der Waals surface area contributed by atoms with Crippen LogP contribution in [0, 0.1) is 0 Å². The number of nitrogens with one attached hydrogen (secondary N) is 1. The molecule has 0 spiro atoms. The van der Waals surface area contributed by atoms with Crippen LogP contribution in [0.5, 0.6) is 0 Å². The average molecular weight is 341 g/mol. The van der Waals surface area contributed by atoms with Gasteiger partial charge in [-0.05, 0) is 29.2 Å². The molecule has 3 aromatic rings. The smallest absolute Gasteiger partial charge is 0.255 e. The molecule has 1 aromatic heterocycles. The Morgan fingerprint density at radius 1 is 0.870 bits per heavy atom. The zero-order chi connectivity index (χ0) is 16.1. The second-order valence-electron chi connectivity index (χ2n) is 4.88. The van der Waals surface area contributed by atoms with Gasteiger partial charge in [0.1, 0.15) is 0 Å². The molecule has 1 heterocycles. The topological polar surface area (TPSA) is 46.2 Å². The zero-order valence-corrected chi connectivity index (χ0v) is 13.8. The average Bonchev–Trinajstić information content (AvgIpc) is 3.09. The van der Waals surface area contributed by atoms with Crippen LogP contribution in [0.3, 0.4) is 0 Å². The van der Waals surface area contributed by atoms with Gasteiger partial charge in [0.05, 0.1) is 11.1 Å². The molecule has 0 bridgehead atoms. The van der Waals surface area contributed by atoms with Crippen LogP contribution in [-0.4, -0.2) is 8.42 Å². The normalized spacial score (nSPS) is 11.7. The highest BCUT2D eigenvalue weighted by atomic mass is 32.2. The first-order valence-corrected chi connectivity index (χ1v) is 9.45. The Labute approximate surface area is 140 Å². The molecule has 0 aliphatic heterocycles. The van der Waals surface area contributed by atoms with Crippen molar-refractivity contribution in [1.29, 1.82) is 0 Å². The van der Waals surface area contributed by atoms with Gasteiger partial charge in [-0.25, -0.2) is 8.42 Å². The largest absolute Gasteiger partial charge is 0.279 e. The first kappa shape index (κ1) is 15.5. The molecule has 0 atom stereocenters. The van der Waals surface area contributed by atoms with Crippen LogP contribution in [0.1, 0.15) is 5.56 Å². The van der Waals surface area contributed by atoms with Gasteiger partial charge < -0.3 is 0 Å². The van der Waals surface area contributed by atoms with Gasteiger partial charge in [-0.2, -0.15) is 0 Å². The summed E-state index contributed by atoms with van der Waals surface area (Å²) in [7, 11) is -3.57. The van der Waals surface area contributed by atoms with Gasteiger partial charge in [-0.15, -0.1) is 11.3 Å². The minimum atomic E-state index is -3.57. The maximum Gasteiger partial charge on any atom is 0.255 e. The first-order valence-electron chi connectivity index (χ1n) is 7.03. The van der Waals surface area contributed by atoms with Crippen molar-refractivity contribution >= 4 is 33.1 Å². The number of hydrogen-bond donors (Lipinski definition) is 1. The number of anilines is 1. The highest BCUT2D eigenvalue weighted by Crippen LogP contribution is 2.31. The van der Waals surface area contributed by atoms with E-state index in [2.05, 4.69) is 4.72 Å². The fourth-order valence-corrected chi connectivity index (χ4v) is 3.79. The molecule has 0 radical (unpaired) electrons. The van der Waals surface area contributed by atoms with E-state index in [1.54, 1.807) is 23.5 Å². The van der Waals surface area contributed by atoms with Gasteiger partial charge in [-0.3, -0.25) is 4.72 Å². The van der Waals surface area contributed by atoms with E-state index in [-0.39, 0.29) is 0 Å². The molecule has 23 heavy (non-hydrogen) atoms. The molecule has 0 aliphatic rings. The summed E-state index contributed by atoms with van der Waals surface area (Å²) in [4.78, 5) is 1.02. The summed E-state index contributed by atoms with van der Waals surface area (Å²) >= 11 is 1.57. The molecule has 116 valence electrons. The molecular formula is C18H15NO2S2. The summed E-state index contributed by atoms with van der Waals surface area (Å²) in [6.07, 6.45) is 1.58. The Bertz CT molecular complexity index is 899. The highest BCUT2D eigenvalue weighted by Gasteiger charge is 2.11. The molecular weight excluding hydrogens is 326 g/mol. The quantitative estimate of drug-likeness (QED) is 0.722. The van der Waals surface area contributed by atoms with E-state index in [4.69, 9.17) is 0 Å². The second kappa shape index (κ2) is 6.81. The summed E-state index contributed by atoms with van der Waals surface area (Å²) in [6, 6.07) is 20.6. The van der Waals surface area contributed by atoms with Gasteiger partial charge >= 0.3 is 0 Å². The van der Waals surface area contributed by atoms with E-state index in [0.717, 1.165) is 16.0 Å². The Morgan fingerprint density at radius 2 is 1.61 bits per heavy atom. The molecule has 0 saturated heterocycles. The molecule has 3 rings (SSSR count). The van der Waals surface area contributed by atoms with Crippen LogP contribution in [0.2, 0.25) is 0 Å². The Kier molecular flexibility index (Phi) is 4.60. The number of hydrogen-bond acceptors (Lipinski definition) is 3. The zero-order valence-electron chi connectivity index (χ0n) is 12.2. The molecule has 1 N–H and O–H groups in total. The summed E-state index contributed by atoms with van der Waals surface area (Å²) in [6.45, 7) is 0. The maximum atomic E-state index is 12.3. The fourth-order valence-electron chi connectivity index (χ4n) is 2.14. The molecule has 0 aliphatic carbocycles. The van der Waals surface area contributed by atoms with E-state index >= 15 is 0 Å². The Hall–Kier alpha value is -2.37. The van der Waals surface area contributed by atoms with Crippen molar-refractivity contribution in [2.24, 2.45) is 0 Å². The molecule has 0 fully saturated rings. The van der Waals surface area contributed by atoms with Gasteiger partial charge in [0.15, 0.2) is 0 Å². The van der Waals surface area contributed by atoms with Gasteiger partial charge in [0.25, 0.3) is 10.0 Å². The molecule has 0 saturated carbocycles. The standard InChI is InChI=1S/C18H15NO2S2/c20-23(21,14-12-15-7-2-1-3-8-15)19-17-10-5-4-9-16(17)18-11-6-13-22-18/h1-14,19H/b14-12+. The van der Waals surface area contributed by atoms with Gasteiger partial charge in [0.2, 0.25) is 0 Å². The predicted octanol–water partition coefficient (Wildman–Crippen LogP) is 4.83. The van der Waals surface area contributed by atoms with Crippen molar-refractivity contribution in [3.63, 3.8) is 0 Å². The summed E-state index contributed by atoms with van der Waals surface area (Å²) in [5.41, 5.74) is 2.29. The van der Waals surface area contributed by atoms with Crippen LogP contribution in [0.4, 0.5) is 5.69 Å². The van der Waals surface area contributed by atoms with Crippen molar-refractivity contribution in [2.45, 2.75) is 0 Å². The summed E-state index contributed by atoms with van der Waals surface area (Å²) < 4.78 is 27.2. The third kappa shape index (κ3) is 4.09. The van der Waals surface area contributed by atoms with Crippen LogP contribution in [-0.2, 0) is 10.0 Å². The number of benzene rings is 2. The van der Waals surface area contributed by atoms with Crippen molar-refractivity contribution in [3.05, 3.63) is 83.1 Å². The minimum absolute atomic E-state index is 0.577. The molecule has 0 amide bonds. The van der Waals surface area contributed by atoms with E-state index in [1.807, 2.05) is 66.0 Å². The first-order chi connectivity index (χ1) is 11.1. The molecule has 2 aromatic carbocycles. The number of thiophene rings is 1. The molecule has 3 nitrogen and oxygen atoms in total. The van der Waals surface area contributed by atoms with Crippen LogP contribution < -0.4 is 4.72 Å². The summed E-state index contributed by atoms with van der Waals surface area (Å²) in [5.74, 6) is 0. The SMILES string of the molecule is O=S(=O)(/C=C/c1ccccc1)Nc1ccccc1-c1cccs1. The van der Waals surface area contributed by atoms with Gasteiger partial charge in [0, 0.05) is 10.4 Å². The lowest BCUT2D eigenvalue weighted by atomic mass is 10.1. The molecule has 5 heteroatoms. The summed E-state index contributed by atoms with van der Waals surface area (Å²) in [5, 5.41) is 3.16. The number of rotatable bonds is 5. The second-order valence-corrected chi connectivity index (χ2v) is 7.40. The number of sulfonamides is 1. The van der Waals surface area contributed by atoms with Crippen LogP contribution in [0.25, 0.3) is 16.5 Å². The fraction of sp³-hybridized carbons (Fsp3) is 0. The highest BCUT2D eigenvalue weighted by molar-refractivity contribution is 7.95. The van der Waals surface area contributed by atoms with Crippen LogP contribution in [0.15, 0.2) is 77.5 Å². The van der Waals surface area contributed by atoms with E-state index < -0.39 is 10.0 Å². The lowest BCUT2D eigenvalue weighted by Crippen LogP contribution is -2.09. The van der Waals surface area contributed by atoms with Crippen molar-refractivity contribution in [2.75, 3.05) is 4.72 Å². The van der Waals surface area contributed by atoms with E-state index in [0.29, 0.717) is 5.69 Å². The molecule has 0 unspecified atom stereocenters. The van der Waals surface area contributed by atoms with E-state index in [1.165, 1.54) is 5.41 Å². The lowest BCUT2D eigenvalue weighted by molar-refractivity contribution is 0.609.